The molecule has 640 valence electrons. The number of hydrogen-bond donors (Lipinski definition) is 6. The largest absolute Gasteiger partial charge is 0.441 e. The smallest absolute Gasteiger partial charge is 0.410 e. The molecule has 10 aliphatic heterocycles. The Morgan fingerprint density at radius 1 is 0.398 bits per heavy atom. The van der Waals surface area contributed by atoms with E-state index in [1.165, 1.54) is 87.8 Å². The molecule has 0 aliphatic carbocycles. The maximum absolute atomic E-state index is 13.9. The zero-order valence-corrected chi connectivity index (χ0v) is 68.1. The van der Waals surface area contributed by atoms with Gasteiger partial charge in [0.15, 0.2) is 34.9 Å². The van der Waals surface area contributed by atoms with Crippen molar-refractivity contribution in [2.75, 3.05) is 249 Å². The summed E-state index contributed by atoms with van der Waals surface area (Å²) >= 11 is 0. The van der Waals surface area contributed by atoms with E-state index in [2.05, 4.69) is 73.1 Å². The lowest BCUT2D eigenvalue weighted by molar-refractivity contribution is -0.129. The molecule has 3 amide bonds. The van der Waals surface area contributed by atoms with Crippen LogP contribution < -0.4 is 63.8 Å². The van der Waals surface area contributed by atoms with Crippen molar-refractivity contribution < 1.29 is 50.2 Å². The van der Waals surface area contributed by atoms with Gasteiger partial charge in [-0.25, -0.2) is 36.1 Å². The van der Waals surface area contributed by atoms with Crippen molar-refractivity contribution in [1.82, 2.24) is 68.9 Å². The van der Waals surface area contributed by atoms with Crippen LogP contribution in [0, 0.1) is 46.7 Å². The van der Waals surface area contributed by atoms with Crippen molar-refractivity contribution in [3.8, 4) is 0 Å². The number of anilines is 12. The summed E-state index contributed by atoms with van der Waals surface area (Å²) in [6.45, 7) is 19.8. The van der Waals surface area contributed by atoms with Crippen LogP contribution in [-0.2, 0) is 19.1 Å². The first-order valence-electron chi connectivity index (χ1n) is 40.7. The number of carbonyl (C=O) groups is 3. The van der Waals surface area contributed by atoms with E-state index in [-0.39, 0.29) is 64.7 Å². The minimum Gasteiger partial charge on any atom is -0.441 e. The first-order chi connectivity index (χ1) is 56.7. The molecule has 2 spiro atoms. The number of pyridine rings is 6. The molecular formula is C81H114F6N26O5. The lowest BCUT2D eigenvalue weighted by Crippen LogP contribution is -2.56. The molecule has 7 aromatic heterocycles. The molecule has 0 bridgehead atoms. The number of piperazine rings is 2. The quantitative estimate of drug-likeness (QED) is 0.0699. The van der Waals surface area contributed by atoms with E-state index in [4.69, 9.17) is 43.9 Å². The van der Waals surface area contributed by atoms with Crippen molar-refractivity contribution in [2.24, 2.45) is 11.8 Å². The molecule has 0 saturated carbocycles. The van der Waals surface area contributed by atoms with Gasteiger partial charge < -0.3 is 107 Å². The van der Waals surface area contributed by atoms with Crippen LogP contribution in [0.1, 0.15) is 83.1 Å². The third kappa shape index (κ3) is 21.8. The Labute approximate surface area is 685 Å². The third-order valence-electron chi connectivity index (χ3n) is 24.1. The maximum Gasteiger partial charge on any atom is 0.410 e. The van der Waals surface area contributed by atoms with Gasteiger partial charge in [0.05, 0.1) is 169 Å². The summed E-state index contributed by atoms with van der Waals surface area (Å²) in [6.07, 6.45) is 32.2. The average Bonchev–Trinajstić information content (AvgIpc) is 1.36. The van der Waals surface area contributed by atoms with Crippen molar-refractivity contribution in [2.45, 2.75) is 94.3 Å². The molecule has 118 heavy (non-hydrogen) atoms. The van der Waals surface area contributed by atoms with Crippen LogP contribution in [0.4, 0.5) is 99.4 Å². The summed E-state index contributed by atoms with van der Waals surface area (Å²) < 4.78 is 96.5. The number of amides is 3. The molecule has 10 aliphatic rings. The van der Waals surface area contributed by atoms with E-state index >= 15 is 0 Å². The number of rotatable bonds is 11. The number of likely N-dealkylation sites (N-methyl/N-ethyl adjacent to an activating group) is 4. The highest BCUT2D eigenvalue weighted by Gasteiger charge is 2.47. The minimum absolute atomic E-state index is 0.0399. The van der Waals surface area contributed by atoms with Gasteiger partial charge in [0, 0.05) is 189 Å². The van der Waals surface area contributed by atoms with E-state index in [0.29, 0.717) is 127 Å². The third-order valence-corrected chi connectivity index (χ3v) is 24.1. The molecule has 17 rings (SSSR count). The van der Waals surface area contributed by atoms with Gasteiger partial charge in [-0.1, -0.05) is 0 Å². The summed E-state index contributed by atoms with van der Waals surface area (Å²) in [5.41, 5.74) is 39.3. The summed E-state index contributed by atoms with van der Waals surface area (Å²) in [5.74, 6) is -0.799. The normalized spacial score (nSPS) is 20.3. The van der Waals surface area contributed by atoms with E-state index in [1.807, 2.05) is 37.0 Å². The van der Waals surface area contributed by atoms with Crippen LogP contribution in [0.2, 0.25) is 0 Å². The molecule has 10 saturated heterocycles. The predicted octanol–water partition coefficient (Wildman–Crippen LogP) is 7.16. The van der Waals surface area contributed by atoms with Crippen LogP contribution in [0.3, 0.4) is 0 Å². The number of likely N-dealkylation sites (tertiary alicyclic amines) is 1. The maximum atomic E-state index is 13.9. The van der Waals surface area contributed by atoms with Gasteiger partial charge in [-0.15, -0.1) is 0 Å². The average molecular weight is 1650 g/mol. The standard InChI is InChI=1S/C16H26FN5.C15H21FN4O.C14H21FN4O.C13H16FN5.C13H17FN4O2.C10H13FN4O/c1-20-6-8-21(9-7-20)12-13-2-4-22(5-3-13)16-14(17)10-19-11-15(16)18;16-12-8-18-9-13(17)15(12)19-6-3-11(4-7-19)10-20-5-1-2-14(20)21;1-18-6-7-20-14(10-18)2-4-19(5-3-14)13-11(15)8-17-9-12(13)16;14-11-7-17-8-12(15)13(11)18-4-1-10(2-5-18)19-6-3-16-9-19;1-17-8-13(20-12(17)19)2-4-18(5-3-13)11-9(14)6-16-7-10(11)15;1-14-2-3-15(6-9(14)16)10-7(11)4-13-5-8(10)12/h10-11,13H,2-9,12,18H2,1H3;8-9,11H,1-7,10,17H2;8-9H,2-7,10,16H2,1H3;3,6-10H,1-2,4-5,15H2;6-7H,2-5,8,15H2,1H3;4-5H,2-3,6,12H2,1H3. The number of nitrogens with two attached hydrogens (primary N) is 6. The van der Waals surface area contributed by atoms with Gasteiger partial charge in [-0.2, -0.15) is 0 Å². The number of halogens is 6. The SMILES string of the molecule is CN1CC2(CCN(c3c(N)cncc3F)CC2)OC1=O.CN1CCN(CC2CCN(c3c(N)cncc3F)CC2)CC1.CN1CCN(c2c(N)cncc2F)CC1=O.CN1CCOC2(CCN(c3c(N)cncc3F)CC2)C1.Nc1cncc(F)c1N1CCC(CN2CCCC2=O)CC1.Nc1cncc(F)c1N1CCC(n2ccnc2)CC1. The van der Waals surface area contributed by atoms with Crippen molar-refractivity contribution in [1.29, 1.82) is 0 Å². The number of nitrogens with zero attached hydrogens (tertiary/aromatic N) is 20. The Kier molecular flexibility index (Phi) is 29.2. The van der Waals surface area contributed by atoms with Crippen LogP contribution in [0.5, 0.6) is 0 Å². The zero-order valence-electron chi connectivity index (χ0n) is 68.1. The first kappa shape index (κ1) is 86.7. The number of imidazole rings is 1. The van der Waals surface area contributed by atoms with Crippen molar-refractivity contribution in [3.63, 3.8) is 0 Å². The Hall–Kier alpha value is -10.7. The van der Waals surface area contributed by atoms with E-state index in [1.54, 1.807) is 35.0 Å². The van der Waals surface area contributed by atoms with Gasteiger partial charge in [0.2, 0.25) is 11.8 Å². The van der Waals surface area contributed by atoms with Crippen LogP contribution in [0.25, 0.3) is 0 Å². The summed E-state index contributed by atoms with van der Waals surface area (Å²) in [5, 5.41) is 0. The highest BCUT2D eigenvalue weighted by Crippen LogP contribution is 2.40. The van der Waals surface area contributed by atoms with Gasteiger partial charge >= 0.3 is 6.09 Å². The number of hydrogen-bond acceptors (Lipinski definition) is 27. The lowest BCUT2D eigenvalue weighted by Gasteiger charge is -2.47. The fraction of sp³-hybridized carbons (Fsp3) is 0.556. The molecule has 0 radical (unpaired) electrons. The summed E-state index contributed by atoms with van der Waals surface area (Å²) in [6, 6.07) is 0.435. The number of nitrogen functional groups attached to an aromatic ring is 6. The molecule has 0 unspecified atom stereocenters. The highest BCUT2D eigenvalue weighted by molar-refractivity contribution is 5.84. The Morgan fingerprint density at radius 3 is 1.16 bits per heavy atom. The molecular weight excluding hydrogens is 1530 g/mol. The van der Waals surface area contributed by atoms with Gasteiger partial charge in [0.25, 0.3) is 0 Å². The van der Waals surface area contributed by atoms with Crippen molar-refractivity contribution >= 4 is 86.2 Å². The monoisotopic (exact) mass is 1640 g/mol. The van der Waals surface area contributed by atoms with Crippen LogP contribution in [-0.4, -0.2) is 283 Å². The van der Waals surface area contributed by atoms with E-state index in [9.17, 15) is 40.7 Å². The molecule has 7 aromatic rings. The highest BCUT2D eigenvalue weighted by atomic mass is 19.1. The lowest BCUT2D eigenvalue weighted by atomic mass is 9.89. The molecule has 37 heteroatoms. The second-order valence-electron chi connectivity index (χ2n) is 32.4. The fourth-order valence-electron chi connectivity index (χ4n) is 17.4. The molecule has 0 atom stereocenters. The summed E-state index contributed by atoms with van der Waals surface area (Å²) in [7, 11) is 7.76. The molecule has 10 fully saturated rings. The number of aromatic nitrogens is 8. The van der Waals surface area contributed by atoms with Crippen LogP contribution in [0.15, 0.2) is 93.1 Å². The number of carbonyl (C=O) groups excluding carboxylic acids is 3. The first-order valence-corrected chi connectivity index (χ1v) is 40.7. The van der Waals surface area contributed by atoms with Crippen molar-refractivity contribution in [3.05, 3.63) is 128 Å². The minimum atomic E-state index is -0.489. The van der Waals surface area contributed by atoms with Gasteiger partial charge in [0.1, 0.15) is 11.3 Å². The molecule has 0 aromatic carbocycles. The fourth-order valence-corrected chi connectivity index (χ4v) is 17.4. The number of morpholine rings is 1. The topological polar surface area (TPSA) is 360 Å². The second-order valence-corrected chi connectivity index (χ2v) is 32.4. The van der Waals surface area contributed by atoms with E-state index < -0.39 is 17.2 Å². The second kappa shape index (κ2) is 39.7. The Bertz CT molecular complexity index is 4340. The summed E-state index contributed by atoms with van der Waals surface area (Å²) in [4.78, 5) is 85.3. The van der Waals surface area contributed by atoms with E-state index in [0.717, 1.165) is 162 Å². The molecule has 12 N–H and O–H groups in total. The Balaban J connectivity index is 0.000000130. The number of ether oxygens (including phenoxy) is 2. The Morgan fingerprint density at radius 2 is 0.797 bits per heavy atom. The molecule has 31 nitrogen and oxygen atoms in total. The number of piperidine rings is 5. The van der Waals surface area contributed by atoms with Gasteiger partial charge in [-0.3, -0.25) is 39.5 Å². The predicted molar refractivity (Wildman–Crippen MR) is 445 cm³/mol. The molecule has 17 heterocycles. The zero-order chi connectivity index (χ0) is 83.8. The van der Waals surface area contributed by atoms with Crippen LogP contribution >= 0.6 is 0 Å². The van der Waals surface area contributed by atoms with Gasteiger partial charge in [-0.05, 0) is 83.7 Å².